The number of hydrogen-bond donors (Lipinski definition) is 0. The Morgan fingerprint density at radius 2 is 1.25 bits per heavy atom. The van der Waals surface area contributed by atoms with E-state index in [9.17, 15) is 13.2 Å². The number of hydrogen-bond acceptors (Lipinski definition) is 1. The van der Waals surface area contributed by atoms with Gasteiger partial charge >= 0.3 is 6.18 Å². The third-order valence-electron chi connectivity index (χ3n) is 2.85. The van der Waals surface area contributed by atoms with Crippen molar-refractivity contribution < 1.29 is 13.2 Å². The zero-order valence-electron chi connectivity index (χ0n) is 11.6. The summed E-state index contributed by atoms with van der Waals surface area (Å²) < 4.78 is 36.1. The highest BCUT2D eigenvalue weighted by atomic mass is 19.4. The molecule has 0 amide bonds. The number of aromatic nitrogens is 1. The SMILES string of the molecule is CCc1ccc(C(F)(F)F)cc1.CCc1ccncc1. The predicted octanol–water partition coefficient (Wildman–Crippen LogP) is 4.91. The van der Waals surface area contributed by atoms with Crippen LogP contribution in [0.1, 0.15) is 30.5 Å². The number of benzene rings is 1. The maximum absolute atomic E-state index is 12.0. The van der Waals surface area contributed by atoms with Gasteiger partial charge in [0.1, 0.15) is 0 Å². The van der Waals surface area contributed by atoms with Gasteiger partial charge in [0.15, 0.2) is 0 Å². The number of alkyl halides is 3. The molecule has 20 heavy (non-hydrogen) atoms. The van der Waals surface area contributed by atoms with Crippen LogP contribution in [0.3, 0.4) is 0 Å². The molecule has 0 aliphatic heterocycles. The first-order valence-electron chi connectivity index (χ1n) is 6.52. The smallest absolute Gasteiger partial charge is 0.265 e. The van der Waals surface area contributed by atoms with Crippen LogP contribution in [0.15, 0.2) is 48.8 Å². The van der Waals surface area contributed by atoms with Gasteiger partial charge in [-0.2, -0.15) is 13.2 Å². The lowest BCUT2D eigenvalue weighted by Gasteiger charge is -2.06. The maximum Gasteiger partial charge on any atom is 0.416 e. The van der Waals surface area contributed by atoms with E-state index in [0.717, 1.165) is 30.5 Å². The average molecular weight is 281 g/mol. The van der Waals surface area contributed by atoms with Crippen LogP contribution >= 0.6 is 0 Å². The fourth-order valence-electron chi connectivity index (χ4n) is 1.55. The van der Waals surface area contributed by atoms with Crippen LogP contribution < -0.4 is 0 Å². The molecule has 0 saturated carbocycles. The Kier molecular flexibility index (Phi) is 6.22. The van der Waals surface area contributed by atoms with Crippen LogP contribution in [0.2, 0.25) is 0 Å². The molecule has 2 aromatic rings. The van der Waals surface area contributed by atoms with E-state index in [1.807, 2.05) is 31.5 Å². The van der Waals surface area contributed by atoms with E-state index in [-0.39, 0.29) is 0 Å². The largest absolute Gasteiger partial charge is 0.416 e. The first kappa shape index (κ1) is 16.2. The van der Waals surface area contributed by atoms with Crippen LogP contribution in [-0.4, -0.2) is 4.98 Å². The highest BCUT2D eigenvalue weighted by Gasteiger charge is 2.29. The van der Waals surface area contributed by atoms with Crippen molar-refractivity contribution in [1.29, 1.82) is 0 Å². The molecule has 0 spiro atoms. The molecule has 1 nitrogen and oxygen atoms in total. The van der Waals surface area contributed by atoms with E-state index < -0.39 is 11.7 Å². The first-order valence-corrected chi connectivity index (χ1v) is 6.52. The minimum absolute atomic E-state index is 0.584. The van der Waals surface area contributed by atoms with Crippen molar-refractivity contribution in [2.24, 2.45) is 0 Å². The summed E-state index contributed by atoms with van der Waals surface area (Å²) in [5.74, 6) is 0. The average Bonchev–Trinajstić information content (AvgIpc) is 2.48. The van der Waals surface area contributed by atoms with E-state index in [2.05, 4.69) is 11.9 Å². The molecule has 1 aromatic carbocycles. The first-order chi connectivity index (χ1) is 9.47. The summed E-state index contributed by atoms with van der Waals surface area (Å²) >= 11 is 0. The molecule has 0 unspecified atom stereocenters. The lowest BCUT2D eigenvalue weighted by atomic mass is 10.1. The van der Waals surface area contributed by atoms with E-state index >= 15 is 0 Å². The lowest BCUT2D eigenvalue weighted by Crippen LogP contribution is -2.04. The summed E-state index contributed by atoms with van der Waals surface area (Å²) in [7, 11) is 0. The Bertz CT molecular complexity index is 489. The zero-order chi connectivity index (χ0) is 15.0. The number of pyridine rings is 1. The van der Waals surface area contributed by atoms with Gasteiger partial charge in [0.2, 0.25) is 0 Å². The van der Waals surface area contributed by atoms with Gasteiger partial charge in [-0.3, -0.25) is 4.98 Å². The van der Waals surface area contributed by atoms with Gasteiger partial charge in [-0.25, -0.2) is 0 Å². The minimum atomic E-state index is -4.22. The molecule has 0 saturated heterocycles. The molecule has 0 N–H and O–H groups in total. The molecule has 0 atom stereocenters. The molecule has 0 bridgehead atoms. The molecule has 2 rings (SSSR count). The van der Waals surface area contributed by atoms with E-state index in [4.69, 9.17) is 0 Å². The zero-order valence-corrected chi connectivity index (χ0v) is 11.6. The van der Waals surface area contributed by atoms with Crippen LogP contribution in [0.4, 0.5) is 13.2 Å². The van der Waals surface area contributed by atoms with E-state index in [0.29, 0.717) is 0 Å². The Hall–Kier alpha value is -1.84. The lowest BCUT2D eigenvalue weighted by molar-refractivity contribution is -0.137. The standard InChI is InChI=1S/C9H9F3.C7H9N/c1-2-7-3-5-8(6-4-7)9(10,11)12;1-2-7-3-5-8-6-4-7/h3-6H,2H2,1H3;3-6H,2H2,1H3. The highest BCUT2D eigenvalue weighted by Crippen LogP contribution is 2.28. The number of aryl methyl sites for hydroxylation is 2. The van der Waals surface area contributed by atoms with Crippen molar-refractivity contribution in [1.82, 2.24) is 4.98 Å². The van der Waals surface area contributed by atoms with Gasteiger partial charge in [-0.15, -0.1) is 0 Å². The normalized spacial score (nSPS) is 10.7. The summed E-state index contributed by atoms with van der Waals surface area (Å²) in [6, 6.07) is 9.28. The van der Waals surface area contributed by atoms with Gasteiger partial charge in [-0.05, 0) is 48.2 Å². The van der Waals surface area contributed by atoms with Crippen molar-refractivity contribution >= 4 is 0 Å². The molecule has 0 aliphatic rings. The summed E-state index contributed by atoms with van der Waals surface area (Å²) in [6.07, 6.45) is 1.28. The van der Waals surface area contributed by atoms with Gasteiger partial charge < -0.3 is 0 Å². The number of rotatable bonds is 2. The third-order valence-corrected chi connectivity index (χ3v) is 2.85. The second kappa shape index (κ2) is 7.68. The van der Waals surface area contributed by atoms with Gasteiger partial charge in [0.05, 0.1) is 5.56 Å². The van der Waals surface area contributed by atoms with E-state index in [1.165, 1.54) is 17.7 Å². The maximum atomic E-state index is 12.0. The Labute approximate surface area is 117 Å². The van der Waals surface area contributed by atoms with Crippen molar-refractivity contribution in [3.05, 3.63) is 65.5 Å². The summed E-state index contributed by atoms with van der Waals surface area (Å²) in [5, 5.41) is 0. The second-order valence-electron chi connectivity index (χ2n) is 4.26. The fourth-order valence-corrected chi connectivity index (χ4v) is 1.55. The molecule has 0 radical (unpaired) electrons. The van der Waals surface area contributed by atoms with Crippen LogP contribution in [-0.2, 0) is 19.0 Å². The molecule has 1 aromatic heterocycles. The topological polar surface area (TPSA) is 12.9 Å². The Balaban J connectivity index is 0.000000217. The third kappa shape index (κ3) is 5.43. The van der Waals surface area contributed by atoms with Crippen LogP contribution in [0.5, 0.6) is 0 Å². The molecule has 108 valence electrons. The summed E-state index contributed by atoms with van der Waals surface area (Å²) in [4.78, 5) is 3.89. The molecular weight excluding hydrogens is 263 g/mol. The van der Waals surface area contributed by atoms with Crippen molar-refractivity contribution in [2.75, 3.05) is 0 Å². The fraction of sp³-hybridized carbons (Fsp3) is 0.312. The predicted molar refractivity (Wildman–Crippen MR) is 74.4 cm³/mol. The summed E-state index contributed by atoms with van der Waals surface area (Å²) in [5.41, 5.74) is 1.68. The summed E-state index contributed by atoms with van der Waals surface area (Å²) in [6.45, 7) is 4.04. The van der Waals surface area contributed by atoms with Gasteiger partial charge in [0.25, 0.3) is 0 Å². The van der Waals surface area contributed by atoms with Gasteiger partial charge in [-0.1, -0.05) is 26.0 Å². The molecule has 0 fully saturated rings. The Morgan fingerprint density at radius 3 is 1.60 bits per heavy atom. The second-order valence-corrected chi connectivity index (χ2v) is 4.26. The number of halogens is 3. The monoisotopic (exact) mass is 281 g/mol. The highest BCUT2D eigenvalue weighted by molar-refractivity contribution is 5.24. The molecular formula is C16H18F3N. The van der Waals surface area contributed by atoms with E-state index in [1.54, 1.807) is 0 Å². The quantitative estimate of drug-likeness (QED) is 0.762. The molecule has 1 heterocycles. The minimum Gasteiger partial charge on any atom is -0.265 e. The van der Waals surface area contributed by atoms with Gasteiger partial charge in [0, 0.05) is 12.4 Å². The molecule has 0 aliphatic carbocycles. The molecule has 4 heteroatoms. The Morgan fingerprint density at radius 1 is 0.800 bits per heavy atom. The van der Waals surface area contributed by atoms with Crippen LogP contribution in [0, 0.1) is 0 Å². The van der Waals surface area contributed by atoms with Crippen LogP contribution in [0.25, 0.3) is 0 Å². The van der Waals surface area contributed by atoms with Crippen molar-refractivity contribution in [2.45, 2.75) is 32.9 Å². The van der Waals surface area contributed by atoms with Crippen molar-refractivity contribution in [3.63, 3.8) is 0 Å². The van der Waals surface area contributed by atoms with Crippen molar-refractivity contribution in [3.8, 4) is 0 Å². The number of nitrogens with zero attached hydrogens (tertiary/aromatic N) is 1.